The van der Waals surface area contributed by atoms with Gasteiger partial charge in [0.15, 0.2) is 6.10 Å². The molecule has 8 nitrogen and oxygen atoms in total. The van der Waals surface area contributed by atoms with E-state index >= 15 is 0 Å². The number of rotatable bonds is 11. The molecule has 0 saturated carbocycles. The van der Waals surface area contributed by atoms with Gasteiger partial charge in [-0.2, -0.15) is 0 Å². The molecule has 2 unspecified atom stereocenters. The molecule has 3 rings (SSSR count). The normalized spacial score (nSPS) is 18.5. The highest BCUT2D eigenvalue weighted by Gasteiger charge is 2.49. The molecule has 9 heteroatoms. The number of ether oxygens (including phenoxy) is 1. The minimum atomic E-state index is -1.59. The van der Waals surface area contributed by atoms with Gasteiger partial charge in [-0.1, -0.05) is 67.6 Å². The highest BCUT2D eigenvalue weighted by atomic mass is 32.2. The van der Waals surface area contributed by atoms with Crippen molar-refractivity contribution in [1.29, 1.82) is 0 Å². The van der Waals surface area contributed by atoms with Gasteiger partial charge in [0.25, 0.3) is 5.91 Å². The quantitative estimate of drug-likeness (QED) is 0.365. The van der Waals surface area contributed by atoms with Crippen molar-refractivity contribution in [3.63, 3.8) is 0 Å². The first-order valence-corrected chi connectivity index (χ1v) is 14.1. The van der Waals surface area contributed by atoms with Crippen LogP contribution in [-0.2, 0) is 27.3 Å². The molecule has 1 heterocycles. The average Bonchev–Trinajstić information content (AvgIpc) is 3.25. The van der Waals surface area contributed by atoms with Crippen molar-refractivity contribution in [2.75, 3.05) is 12.5 Å². The van der Waals surface area contributed by atoms with Crippen LogP contribution in [0.15, 0.2) is 67.3 Å². The number of carbonyl (C=O) groups excluding carboxylic acids is 3. The second-order valence-electron chi connectivity index (χ2n) is 10.4. The summed E-state index contributed by atoms with van der Waals surface area (Å²) in [6.07, 6.45) is -0.450. The van der Waals surface area contributed by atoms with Gasteiger partial charge in [-0.3, -0.25) is 9.59 Å². The molecule has 0 spiro atoms. The van der Waals surface area contributed by atoms with Crippen molar-refractivity contribution in [2.24, 2.45) is 5.92 Å². The highest BCUT2D eigenvalue weighted by molar-refractivity contribution is 8.00. The molecule has 0 bridgehead atoms. The van der Waals surface area contributed by atoms with E-state index in [1.807, 2.05) is 82.3 Å². The highest BCUT2D eigenvalue weighted by Crippen LogP contribution is 2.40. The lowest BCUT2D eigenvalue weighted by atomic mass is 9.97. The van der Waals surface area contributed by atoms with E-state index in [-0.39, 0.29) is 30.7 Å². The molecule has 210 valence electrons. The summed E-state index contributed by atoms with van der Waals surface area (Å²) in [5, 5.41) is 16.9. The van der Waals surface area contributed by atoms with E-state index in [1.165, 1.54) is 16.7 Å². The summed E-state index contributed by atoms with van der Waals surface area (Å²) >= 11 is 1.47. The number of carbonyl (C=O) groups is 3. The Labute approximate surface area is 235 Å². The van der Waals surface area contributed by atoms with Crippen LogP contribution in [0.3, 0.4) is 0 Å². The Morgan fingerprint density at radius 2 is 1.85 bits per heavy atom. The molecule has 4 atom stereocenters. The van der Waals surface area contributed by atoms with E-state index in [0.717, 1.165) is 16.7 Å². The molecule has 1 aliphatic heterocycles. The summed E-state index contributed by atoms with van der Waals surface area (Å²) in [6, 6.07) is 15.3. The summed E-state index contributed by atoms with van der Waals surface area (Å²) in [5.74, 6) is -0.716. The van der Waals surface area contributed by atoms with Gasteiger partial charge in [0, 0.05) is 17.2 Å². The third-order valence-corrected chi connectivity index (χ3v) is 8.28. The van der Waals surface area contributed by atoms with Crippen LogP contribution in [0.25, 0.3) is 0 Å². The second kappa shape index (κ2) is 13.7. The van der Waals surface area contributed by atoms with Gasteiger partial charge >= 0.3 is 6.09 Å². The van der Waals surface area contributed by atoms with Gasteiger partial charge in [0.1, 0.15) is 6.04 Å². The van der Waals surface area contributed by atoms with Crippen molar-refractivity contribution >= 4 is 29.7 Å². The fraction of sp³-hybridized carbons (Fsp3) is 0.433. The number of hydrogen-bond donors (Lipinski definition) is 3. The molecule has 3 amide bonds. The standard InChI is InChI=1S/C30H39N3O5S/c1-6-20(2)18-38-29(37)32-24(16-22-13-8-7-9-14-22)25(34)28(36)33-19-39-30(4,5)26(33)27(35)31-17-23-15-11-10-12-21(23)3/h6-15,20,24-26,34H,1,16-19H2,2-5H3,(H,31,35)(H,32,37)/t20?,24-,25-,26?/m0/s1. The van der Waals surface area contributed by atoms with Crippen LogP contribution in [-0.4, -0.2) is 63.3 Å². The van der Waals surface area contributed by atoms with Crippen LogP contribution in [0, 0.1) is 12.8 Å². The number of hydrogen-bond acceptors (Lipinski definition) is 6. The number of alkyl carbamates (subject to hydrolysis) is 1. The Hall–Kier alpha value is -3.30. The van der Waals surface area contributed by atoms with E-state index in [4.69, 9.17) is 4.74 Å². The van der Waals surface area contributed by atoms with Gasteiger partial charge in [-0.25, -0.2) is 4.79 Å². The number of benzene rings is 2. The Morgan fingerprint density at radius 1 is 1.18 bits per heavy atom. The maximum atomic E-state index is 13.7. The van der Waals surface area contributed by atoms with Gasteiger partial charge < -0.3 is 25.4 Å². The molecule has 1 aliphatic rings. The van der Waals surface area contributed by atoms with Crippen LogP contribution in [0.1, 0.15) is 37.5 Å². The predicted octanol–water partition coefficient (Wildman–Crippen LogP) is 3.81. The van der Waals surface area contributed by atoms with Gasteiger partial charge in [-0.15, -0.1) is 18.3 Å². The van der Waals surface area contributed by atoms with Crippen LogP contribution < -0.4 is 10.6 Å². The van der Waals surface area contributed by atoms with E-state index in [0.29, 0.717) is 6.54 Å². The summed E-state index contributed by atoms with van der Waals surface area (Å²) in [4.78, 5) is 41.1. The molecule has 1 saturated heterocycles. The van der Waals surface area contributed by atoms with Gasteiger partial charge in [-0.05, 0) is 43.9 Å². The summed E-state index contributed by atoms with van der Waals surface area (Å²) in [6.45, 7) is 11.8. The van der Waals surface area contributed by atoms with E-state index in [1.54, 1.807) is 6.08 Å². The first-order valence-electron chi connectivity index (χ1n) is 13.1. The zero-order chi connectivity index (χ0) is 28.6. The zero-order valence-electron chi connectivity index (χ0n) is 23.1. The topological polar surface area (TPSA) is 108 Å². The summed E-state index contributed by atoms with van der Waals surface area (Å²) in [5.41, 5.74) is 2.88. The number of aryl methyl sites for hydroxylation is 1. The maximum absolute atomic E-state index is 13.7. The number of amides is 3. The molecule has 2 aromatic carbocycles. The number of aliphatic hydroxyl groups is 1. The van der Waals surface area contributed by atoms with Crippen LogP contribution in [0.2, 0.25) is 0 Å². The van der Waals surface area contributed by atoms with Crippen LogP contribution in [0.4, 0.5) is 4.79 Å². The second-order valence-corrected chi connectivity index (χ2v) is 12.0. The van der Waals surface area contributed by atoms with Crippen molar-refractivity contribution < 1.29 is 24.2 Å². The molecule has 0 aliphatic carbocycles. The van der Waals surface area contributed by atoms with Gasteiger partial charge in [0.05, 0.1) is 18.5 Å². The van der Waals surface area contributed by atoms with Crippen molar-refractivity contribution in [3.05, 3.63) is 83.9 Å². The van der Waals surface area contributed by atoms with Crippen molar-refractivity contribution in [2.45, 2.75) is 63.6 Å². The molecular weight excluding hydrogens is 514 g/mol. The molecule has 39 heavy (non-hydrogen) atoms. The molecule has 0 radical (unpaired) electrons. The monoisotopic (exact) mass is 553 g/mol. The van der Waals surface area contributed by atoms with Crippen LogP contribution >= 0.6 is 11.8 Å². The van der Waals surface area contributed by atoms with E-state index < -0.39 is 34.9 Å². The molecule has 2 aromatic rings. The van der Waals surface area contributed by atoms with Gasteiger partial charge in [0.2, 0.25) is 5.91 Å². The molecule has 3 N–H and O–H groups in total. The van der Waals surface area contributed by atoms with Crippen molar-refractivity contribution in [3.8, 4) is 0 Å². The lowest BCUT2D eigenvalue weighted by molar-refractivity contribution is -0.147. The minimum absolute atomic E-state index is 0.0438. The smallest absolute Gasteiger partial charge is 0.407 e. The Kier molecular flexibility index (Phi) is 10.6. The number of nitrogens with one attached hydrogen (secondary N) is 2. The SMILES string of the molecule is C=CC(C)COC(=O)N[C@@H](Cc1ccccc1)[C@H](O)C(=O)N1CSC(C)(C)C1C(=O)NCc1ccccc1C. The molecule has 1 fully saturated rings. The number of thioether (sulfide) groups is 1. The number of aliphatic hydroxyl groups excluding tert-OH is 1. The fourth-order valence-electron chi connectivity index (χ4n) is 4.42. The lowest BCUT2D eigenvalue weighted by Crippen LogP contribution is -2.58. The third-order valence-electron chi connectivity index (χ3n) is 6.91. The summed E-state index contributed by atoms with van der Waals surface area (Å²) in [7, 11) is 0. The minimum Gasteiger partial charge on any atom is -0.449 e. The summed E-state index contributed by atoms with van der Waals surface area (Å²) < 4.78 is 4.69. The first-order chi connectivity index (χ1) is 18.5. The Bertz CT molecular complexity index is 1160. The maximum Gasteiger partial charge on any atom is 0.407 e. The largest absolute Gasteiger partial charge is 0.449 e. The Morgan fingerprint density at radius 3 is 2.51 bits per heavy atom. The first kappa shape index (κ1) is 30.2. The average molecular weight is 554 g/mol. The Balaban J connectivity index is 1.76. The van der Waals surface area contributed by atoms with Crippen LogP contribution in [0.5, 0.6) is 0 Å². The van der Waals surface area contributed by atoms with E-state index in [2.05, 4.69) is 17.2 Å². The predicted molar refractivity (Wildman–Crippen MR) is 154 cm³/mol. The number of nitrogens with zero attached hydrogens (tertiary/aromatic N) is 1. The van der Waals surface area contributed by atoms with Crippen molar-refractivity contribution in [1.82, 2.24) is 15.5 Å². The fourth-order valence-corrected chi connectivity index (χ4v) is 5.56. The molecular formula is C30H39N3O5S. The third kappa shape index (κ3) is 8.10. The molecule has 0 aromatic heterocycles. The zero-order valence-corrected chi connectivity index (χ0v) is 23.9. The lowest BCUT2D eigenvalue weighted by Gasteiger charge is -2.33. The van der Waals surface area contributed by atoms with E-state index in [9.17, 15) is 19.5 Å².